The molecule has 2 unspecified atom stereocenters. The molecule has 0 aromatic heterocycles. The molecular formula is C18H34O4. The van der Waals surface area contributed by atoms with Crippen LogP contribution in [-0.4, -0.2) is 36.1 Å². The maximum Gasteiger partial charge on any atom is 0.161 e. The van der Waals surface area contributed by atoms with Crippen molar-refractivity contribution >= 4 is 0 Å². The summed E-state index contributed by atoms with van der Waals surface area (Å²) in [5.41, 5.74) is -1.25. The summed E-state index contributed by atoms with van der Waals surface area (Å²) in [5, 5.41) is 9.01. The van der Waals surface area contributed by atoms with Crippen LogP contribution in [0.5, 0.6) is 0 Å². The number of aliphatic hydroxyl groups excluding tert-OH is 1. The molecule has 1 N–H and O–H groups in total. The Morgan fingerprint density at radius 3 is 1.91 bits per heavy atom. The maximum atomic E-state index is 9.01. The molecule has 0 saturated carbocycles. The summed E-state index contributed by atoms with van der Waals surface area (Å²) < 4.78 is 5.77. The molecule has 0 aliphatic heterocycles. The van der Waals surface area contributed by atoms with E-state index in [9.17, 15) is 0 Å². The van der Waals surface area contributed by atoms with Gasteiger partial charge < -0.3 is 9.84 Å². The monoisotopic (exact) mass is 314 g/mol. The van der Waals surface area contributed by atoms with Crippen molar-refractivity contribution in [3.05, 3.63) is 0 Å². The van der Waals surface area contributed by atoms with Gasteiger partial charge in [-0.05, 0) is 45.4 Å². The van der Waals surface area contributed by atoms with Crippen molar-refractivity contribution in [3.63, 3.8) is 0 Å². The van der Waals surface area contributed by atoms with Crippen LogP contribution < -0.4 is 0 Å². The highest BCUT2D eigenvalue weighted by Crippen LogP contribution is 2.24. The molecule has 0 spiro atoms. The highest BCUT2D eigenvalue weighted by Gasteiger charge is 2.29. The zero-order valence-corrected chi connectivity index (χ0v) is 15.4. The first kappa shape index (κ1) is 21.4. The van der Waals surface area contributed by atoms with Crippen molar-refractivity contribution in [3.8, 4) is 11.8 Å². The minimum atomic E-state index is -0.662. The average molecular weight is 314 g/mol. The second kappa shape index (κ2) is 10.2. The third kappa shape index (κ3) is 9.42. The van der Waals surface area contributed by atoms with Gasteiger partial charge in [0, 0.05) is 0 Å². The minimum absolute atomic E-state index is 0.00588. The van der Waals surface area contributed by atoms with E-state index in [-0.39, 0.29) is 13.2 Å². The van der Waals surface area contributed by atoms with Gasteiger partial charge in [-0.2, -0.15) is 0 Å². The van der Waals surface area contributed by atoms with Crippen LogP contribution >= 0.6 is 0 Å². The molecule has 0 aromatic carbocycles. The van der Waals surface area contributed by atoms with Crippen LogP contribution in [0.3, 0.4) is 0 Å². The lowest BCUT2D eigenvalue weighted by atomic mass is 9.90. The van der Waals surface area contributed by atoms with E-state index in [1.165, 1.54) is 0 Å². The summed E-state index contributed by atoms with van der Waals surface area (Å²) in [6.07, 6.45) is 1.57. The van der Waals surface area contributed by atoms with Gasteiger partial charge in [-0.3, -0.25) is 0 Å². The number of ether oxygens (including phenoxy) is 1. The molecule has 0 aliphatic rings. The second-order valence-electron chi connectivity index (χ2n) is 6.97. The van der Waals surface area contributed by atoms with Crippen LogP contribution in [0.25, 0.3) is 0 Å². The van der Waals surface area contributed by atoms with Crippen LogP contribution in [0.15, 0.2) is 0 Å². The van der Waals surface area contributed by atoms with Crippen LogP contribution in [0.4, 0.5) is 0 Å². The lowest BCUT2D eigenvalue weighted by Crippen LogP contribution is -2.33. The quantitative estimate of drug-likeness (QED) is 0.380. The molecule has 0 saturated heterocycles. The van der Waals surface area contributed by atoms with Crippen LogP contribution in [0, 0.1) is 23.7 Å². The predicted molar refractivity (Wildman–Crippen MR) is 89.2 cm³/mol. The molecule has 0 heterocycles. The smallest absolute Gasteiger partial charge is 0.161 e. The van der Waals surface area contributed by atoms with E-state index in [2.05, 4.69) is 39.5 Å². The number of rotatable bonds is 10. The molecule has 0 aliphatic carbocycles. The van der Waals surface area contributed by atoms with Crippen molar-refractivity contribution in [1.29, 1.82) is 0 Å². The number of hydrogen-bond acceptors (Lipinski definition) is 4. The van der Waals surface area contributed by atoms with Gasteiger partial charge in [-0.25, -0.2) is 9.78 Å². The van der Waals surface area contributed by atoms with Crippen LogP contribution in [0.2, 0.25) is 0 Å². The van der Waals surface area contributed by atoms with Gasteiger partial charge in [-0.15, -0.1) is 0 Å². The minimum Gasteiger partial charge on any atom is -0.394 e. The van der Waals surface area contributed by atoms with Gasteiger partial charge in [-0.1, -0.05) is 39.5 Å². The fraction of sp³-hybridized carbons (Fsp3) is 0.889. The Bertz CT molecular complexity index is 324. The molecule has 22 heavy (non-hydrogen) atoms. The van der Waals surface area contributed by atoms with Crippen molar-refractivity contribution < 1.29 is 19.6 Å². The third-order valence-electron chi connectivity index (χ3n) is 3.06. The van der Waals surface area contributed by atoms with E-state index in [0.717, 1.165) is 12.8 Å². The van der Waals surface area contributed by atoms with Crippen molar-refractivity contribution in [2.24, 2.45) is 11.8 Å². The van der Waals surface area contributed by atoms with Gasteiger partial charge in [0.2, 0.25) is 0 Å². The molecule has 130 valence electrons. The molecule has 0 fully saturated rings. The van der Waals surface area contributed by atoms with Gasteiger partial charge in [0.25, 0.3) is 0 Å². The fourth-order valence-corrected chi connectivity index (χ4v) is 2.53. The lowest BCUT2D eigenvalue weighted by Gasteiger charge is -2.28. The van der Waals surface area contributed by atoms with Gasteiger partial charge >= 0.3 is 0 Å². The first-order valence-electron chi connectivity index (χ1n) is 8.26. The zero-order valence-electron chi connectivity index (χ0n) is 15.4. The highest BCUT2D eigenvalue weighted by atomic mass is 17.2. The molecule has 0 aromatic rings. The van der Waals surface area contributed by atoms with E-state index in [1.807, 2.05) is 20.8 Å². The Labute approximate surface area is 136 Å². The summed E-state index contributed by atoms with van der Waals surface area (Å²) in [7, 11) is 0. The summed E-state index contributed by atoms with van der Waals surface area (Å²) in [6.45, 7) is 15.1. The van der Waals surface area contributed by atoms with Crippen molar-refractivity contribution in [1.82, 2.24) is 0 Å². The maximum absolute atomic E-state index is 9.01. The molecule has 4 heteroatoms. The summed E-state index contributed by atoms with van der Waals surface area (Å²) in [5.74, 6) is 7.33. The first-order chi connectivity index (χ1) is 10.2. The topological polar surface area (TPSA) is 47.9 Å². The summed E-state index contributed by atoms with van der Waals surface area (Å²) >= 11 is 0. The Balaban J connectivity index is 5.20. The van der Waals surface area contributed by atoms with E-state index >= 15 is 0 Å². The normalized spacial score (nSPS) is 17.0. The molecule has 4 nitrogen and oxygen atoms in total. The van der Waals surface area contributed by atoms with E-state index in [1.54, 1.807) is 0 Å². The second-order valence-corrected chi connectivity index (χ2v) is 6.97. The zero-order chi connectivity index (χ0) is 17.2. The molecule has 2 atom stereocenters. The number of aliphatic hydroxyl groups is 1. The highest BCUT2D eigenvalue weighted by molar-refractivity contribution is 5.20. The van der Waals surface area contributed by atoms with Gasteiger partial charge in [0.15, 0.2) is 5.60 Å². The van der Waals surface area contributed by atoms with E-state index in [0.29, 0.717) is 18.4 Å². The van der Waals surface area contributed by atoms with E-state index in [4.69, 9.17) is 19.6 Å². The third-order valence-corrected chi connectivity index (χ3v) is 3.06. The Hall–Kier alpha value is -0.600. The fourth-order valence-electron chi connectivity index (χ4n) is 2.53. The van der Waals surface area contributed by atoms with Crippen LogP contribution in [-0.2, 0) is 14.5 Å². The Morgan fingerprint density at radius 2 is 1.45 bits per heavy atom. The van der Waals surface area contributed by atoms with Crippen molar-refractivity contribution in [2.45, 2.75) is 72.5 Å². The molecular weight excluding hydrogens is 280 g/mol. The lowest BCUT2D eigenvalue weighted by molar-refractivity contribution is -0.341. The first-order valence-corrected chi connectivity index (χ1v) is 8.26. The Morgan fingerprint density at radius 1 is 0.955 bits per heavy atom. The predicted octanol–water partition coefficient (Wildman–Crippen LogP) is 3.58. The summed E-state index contributed by atoms with van der Waals surface area (Å²) in [4.78, 5) is 10.7. The standard InChI is InChI=1S/C18H34O4/c1-8-21-22-18(7,14-16(4)5)10-9-17(6,13-15(2)3)20-12-11-19/h15-16,19H,8,11-14H2,1-7H3. The SMILES string of the molecule is CCOOC(C)(C#CC(C)(CC(C)C)OCCO)CC(C)C. The molecule has 0 rings (SSSR count). The van der Waals surface area contributed by atoms with Gasteiger partial charge in [0.05, 0.1) is 19.8 Å². The Kier molecular flexibility index (Phi) is 9.95. The average Bonchev–Trinajstić information content (AvgIpc) is 2.40. The van der Waals surface area contributed by atoms with E-state index < -0.39 is 11.2 Å². The molecule has 0 bridgehead atoms. The number of hydrogen-bond donors (Lipinski definition) is 1. The largest absolute Gasteiger partial charge is 0.394 e. The molecule has 0 amide bonds. The van der Waals surface area contributed by atoms with Crippen molar-refractivity contribution in [2.75, 3.05) is 19.8 Å². The van der Waals surface area contributed by atoms with Gasteiger partial charge in [0.1, 0.15) is 5.60 Å². The summed E-state index contributed by atoms with van der Waals surface area (Å²) in [6, 6.07) is 0. The van der Waals surface area contributed by atoms with Crippen LogP contribution in [0.1, 0.15) is 61.3 Å². The molecule has 0 radical (unpaired) electrons.